The molecule has 0 atom stereocenters. The second-order valence-corrected chi connectivity index (χ2v) is 0. The summed E-state index contributed by atoms with van der Waals surface area (Å²) in [5.74, 6) is 0. The molecule has 25 valence electrons. The van der Waals surface area contributed by atoms with Crippen LogP contribution in [-0.4, -0.2) is 0 Å². The zero-order valence-corrected chi connectivity index (χ0v) is 7.39. The van der Waals surface area contributed by atoms with Crippen LogP contribution in [0.3, 0.4) is 0 Å². The van der Waals surface area contributed by atoms with Crippen molar-refractivity contribution in [1.82, 2.24) is 0 Å². The standard InChI is InChI=1S/K.Mn.Ni.O.H/q+1;;;;-1. The molecule has 0 spiro atoms. The summed E-state index contributed by atoms with van der Waals surface area (Å²) in [4.78, 5) is 0. The van der Waals surface area contributed by atoms with Crippen LogP contribution in [0.2, 0.25) is 0 Å². The first-order chi connectivity index (χ1) is 1.00. The van der Waals surface area contributed by atoms with Crippen LogP contribution in [0.5, 0.6) is 0 Å². The Hall–Kier alpha value is 2.45. The van der Waals surface area contributed by atoms with Gasteiger partial charge in [0, 0.05) is 16.5 Å². The molecule has 0 unspecified atom stereocenters. The zero-order chi connectivity index (χ0) is 2.00. The number of hydrogen-bond donors (Lipinski definition) is 0. The summed E-state index contributed by atoms with van der Waals surface area (Å²) in [7, 11) is 0. The number of hydrogen-bond acceptors (Lipinski definition) is 1. The maximum absolute atomic E-state index is 8.06. The van der Waals surface area contributed by atoms with E-state index in [0.29, 0.717) is 0 Å². The SMILES string of the molecule is [H-].[K+].[Ni].[O]=[Mn]. The number of rotatable bonds is 0. The maximum atomic E-state index is 8.06. The topological polar surface area (TPSA) is 17.1 Å². The van der Waals surface area contributed by atoms with Crippen LogP contribution in [0.15, 0.2) is 0 Å². The monoisotopic (exact) mass is 169 g/mol. The van der Waals surface area contributed by atoms with Gasteiger partial charge in [0.1, 0.15) is 0 Å². The second kappa shape index (κ2) is 18.0. The summed E-state index contributed by atoms with van der Waals surface area (Å²) in [6.45, 7) is 0. The van der Waals surface area contributed by atoms with Crippen LogP contribution in [0.25, 0.3) is 0 Å². The third-order valence-electron chi connectivity index (χ3n) is 0. The Morgan fingerprint density at radius 3 is 1.50 bits per heavy atom. The van der Waals surface area contributed by atoms with Gasteiger partial charge in [0.2, 0.25) is 0 Å². The van der Waals surface area contributed by atoms with Gasteiger partial charge in [-0.2, -0.15) is 0 Å². The third kappa shape index (κ3) is 8.82. The quantitative estimate of drug-likeness (QED) is 0.354. The molecule has 0 saturated heterocycles. The molecule has 4 heteroatoms. The first kappa shape index (κ1) is 16.1. The molecule has 0 bridgehead atoms. The molecule has 1 nitrogen and oxygen atoms in total. The predicted octanol–water partition coefficient (Wildman–Crippen LogP) is -3.01. The fourth-order valence-electron chi connectivity index (χ4n) is 0. The fraction of sp³-hybridized carbons (Fsp3) is 0. The van der Waals surface area contributed by atoms with Gasteiger partial charge in [0.15, 0.2) is 0 Å². The Kier molecular flexibility index (Phi) is 72.4. The molecule has 0 aromatic rings. The molecule has 0 heterocycles. The van der Waals surface area contributed by atoms with E-state index in [1.165, 1.54) is 0 Å². The van der Waals surface area contributed by atoms with Crippen molar-refractivity contribution < 1.29 is 89.1 Å². The van der Waals surface area contributed by atoms with Crippen LogP contribution in [0.4, 0.5) is 0 Å². The molecule has 0 aromatic carbocycles. The molecule has 0 aliphatic carbocycles. The van der Waals surface area contributed by atoms with E-state index in [2.05, 4.69) is 0 Å². The van der Waals surface area contributed by atoms with Gasteiger partial charge in [0.05, 0.1) is 0 Å². The summed E-state index contributed by atoms with van der Waals surface area (Å²) >= 11 is 1.69. The summed E-state index contributed by atoms with van der Waals surface area (Å²) in [5.41, 5.74) is 0. The van der Waals surface area contributed by atoms with Crippen LogP contribution in [0.1, 0.15) is 1.43 Å². The van der Waals surface area contributed by atoms with Crippen molar-refractivity contribution in [3.05, 3.63) is 0 Å². The molecule has 0 aliphatic rings. The van der Waals surface area contributed by atoms with E-state index < -0.39 is 0 Å². The van der Waals surface area contributed by atoms with Crippen molar-refractivity contribution >= 4 is 0 Å². The van der Waals surface area contributed by atoms with Crippen LogP contribution in [0, 0.1) is 0 Å². The van der Waals surface area contributed by atoms with Gasteiger partial charge in [-0.15, -0.1) is 0 Å². The fourth-order valence-corrected chi connectivity index (χ4v) is 0. The predicted molar refractivity (Wildman–Crippen MR) is 1.80 cm³/mol. The summed E-state index contributed by atoms with van der Waals surface area (Å²) < 4.78 is 8.06. The van der Waals surface area contributed by atoms with Gasteiger partial charge in [-0.05, 0) is 0 Å². The van der Waals surface area contributed by atoms with Crippen molar-refractivity contribution in [3.8, 4) is 0 Å². The molecule has 0 aliphatic heterocycles. The van der Waals surface area contributed by atoms with Gasteiger partial charge in [-0.3, -0.25) is 0 Å². The van der Waals surface area contributed by atoms with Gasteiger partial charge < -0.3 is 1.43 Å². The van der Waals surface area contributed by atoms with E-state index in [4.69, 9.17) is 3.83 Å². The Labute approximate surface area is 87.1 Å². The molecule has 0 saturated carbocycles. The van der Waals surface area contributed by atoms with Crippen molar-refractivity contribution in [2.75, 3.05) is 0 Å². The second-order valence-electron chi connectivity index (χ2n) is 0. The van der Waals surface area contributed by atoms with E-state index >= 15 is 0 Å². The Morgan fingerprint density at radius 2 is 1.50 bits per heavy atom. The van der Waals surface area contributed by atoms with E-state index in [1.807, 2.05) is 0 Å². The molecule has 0 fully saturated rings. The van der Waals surface area contributed by atoms with Crippen LogP contribution in [-0.2, 0) is 36.3 Å². The average Bonchev–Trinajstić information content (AvgIpc) is 1.00. The molecule has 0 N–H and O–H groups in total. The van der Waals surface area contributed by atoms with Crippen molar-refractivity contribution in [1.29, 1.82) is 0 Å². The molecule has 0 rings (SSSR count). The molecular weight excluding hydrogens is 169 g/mol. The minimum atomic E-state index is 0. The normalized spacial score (nSPS) is 1.00. The van der Waals surface area contributed by atoms with E-state index in [1.54, 1.807) is 15.9 Å². The molecule has 0 amide bonds. The Morgan fingerprint density at radius 1 is 1.50 bits per heavy atom. The molecule has 0 radical (unpaired) electrons. The molecule has 0 aromatic heterocycles. The van der Waals surface area contributed by atoms with Gasteiger partial charge in [-0.25, -0.2) is 0 Å². The van der Waals surface area contributed by atoms with Crippen molar-refractivity contribution in [3.63, 3.8) is 0 Å². The minimum absolute atomic E-state index is 0. The third-order valence-corrected chi connectivity index (χ3v) is 0. The van der Waals surface area contributed by atoms with Gasteiger partial charge in [-0.1, -0.05) is 0 Å². The zero-order valence-electron chi connectivity index (χ0n) is 3.10. The first-order valence-corrected chi connectivity index (χ1v) is 0.636. The average molecular weight is 170 g/mol. The molecule has 4 heavy (non-hydrogen) atoms. The van der Waals surface area contributed by atoms with Crippen LogP contribution >= 0.6 is 0 Å². The Balaban J connectivity index is -0.00000000167. The first-order valence-electron chi connectivity index (χ1n) is 0.154. The molecular formula is HKMnNiO. The van der Waals surface area contributed by atoms with E-state index in [9.17, 15) is 0 Å². The van der Waals surface area contributed by atoms with Gasteiger partial charge >= 0.3 is 71.2 Å². The van der Waals surface area contributed by atoms with Crippen molar-refractivity contribution in [2.45, 2.75) is 0 Å². The summed E-state index contributed by atoms with van der Waals surface area (Å²) in [6, 6.07) is 0. The summed E-state index contributed by atoms with van der Waals surface area (Å²) in [5, 5.41) is 0. The van der Waals surface area contributed by atoms with Gasteiger partial charge in [0.25, 0.3) is 0 Å². The summed E-state index contributed by atoms with van der Waals surface area (Å²) in [6.07, 6.45) is 0. The van der Waals surface area contributed by atoms with Crippen molar-refractivity contribution in [2.24, 2.45) is 0 Å². The van der Waals surface area contributed by atoms with Crippen LogP contribution < -0.4 is 51.4 Å². The van der Waals surface area contributed by atoms with E-state index in [0.717, 1.165) is 0 Å². The van der Waals surface area contributed by atoms with E-state index in [-0.39, 0.29) is 69.3 Å². The Bertz CT molecular complexity index is 11.6.